The molecule has 10 nitrogen and oxygen atoms in total. The first kappa shape index (κ1) is 30.7. The lowest BCUT2D eigenvalue weighted by molar-refractivity contribution is -0.129. The maximum Gasteiger partial charge on any atom is 0.253 e. The van der Waals surface area contributed by atoms with Crippen molar-refractivity contribution in [1.29, 1.82) is 0 Å². The molecule has 1 fully saturated rings. The minimum Gasteiger partial charge on any atom is -0.345 e. The maximum atomic E-state index is 13.7. The Hall–Kier alpha value is -4.70. The third kappa shape index (κ3) is 7.62. The monoisotopic (exact) mass is 593 g/mol. The van der Waals surface area contributed by atoms with Gasteiger partial charge in [0.25, 0.3) is 5.91 Å². The van der Waals surface area contributed by atoms with E-state index in [1.165, 1.54) is 0 Å². The number of hydrogen-bond donors (Lipinski definition) is 3. The number of amides is 2. The van der Waals surface area contributed by atoms with E-state index in [2.05, 4.69) is 25.9 Å². The molecule has 1 atom stereocenters. The van der Waals surface area contributed by atoms with Crippen LogP contribution >= 0.6 is 0 Å². The van der Waals surface area contributed by atoms with Gasteiger partial charge in [0.15, 0.2) is 0 Å². The summed E-state index contributed by atoms with van der Waals surface area (Å²) in [6.07, 6.45) is 4.12. The third-order valence-corrected chi connectivity index (χ3v) is 8.47. The molecule has 2 amide bonds. The number of benzene rings is 3. The molecule has 4 aromatic rings. The van der Waals surface area contributed by atoms with Crippen LogP contribution in [-0.4, -0.2) is 63.8 Å². The number of rotatable bonds is 11. The lowest BCUT2D eigenvalue weighted by atomic mass is 9.77. The van der Waals surface area contributed by atoms with Crippen molar-refractivity contribution in [3.05, 3.63) is 83.9 Å². The van der Waals surface area contributed by atoms with Crippen LogP contribution < -0.4 is 11.1 Å². The molecule has 4 N–H and O–H groups in total. The second-order valence-electron chi connectivity index (χ2n) is 11.8. The molecule has 0 unspecified atom stereocenters. The fraction of sp³-hybridized carbons (Fsp3) is 0.353. The standard InChI is InChI=1S/C34H39N7O3/c1-41(2)34(44)28-8-4-7-27(19-28)26-6-3-5-23(17-26)18-29(20-31(42)24-11-9-22(21-35)10-12-24)33(43)36-30-15-13-25(14-16-30)32-37-39-40-38-32/h3-8,13-17,19,22,24,29H,9-12,18,20-21,35H2,1-2H3,(H,36,43)(H,37,38,39,40)/t22?,24?,29-/m1/s1. The van der Waals surface area contributed by atoms with E-state index in [0.717, 1.165) is 47.9 Å². The van der Waals surface area contributed by atoms with Gasteiger partial charge in [-0.05, 0) is 103 Å². The Balaban J connectivity index is 1.35. The normalized spacial score (nSPS) is 17.1. The first-order valence-electron chi connectivity index (χ1n) is 15.1. The molecular formula is C34H39N7O3. The van der Waals surface area contributed by atoms with Crippen LogP contribution in [-0.2, 0) is 16.0 Å². The molecule has 5 rings (SSSR count). The van der Waals surface area contributed by atoms with E-state index < -0.39 is 5.92 Å². The van der Waals surface area contributed by atoms with E-state index in [9.17, 15) is 14.4 Å². The van der Waals surface area contributed by atoms with Gasteiger partial charge >= 0.3 is 0 Å². The fourth-order valence-corrected chi connectivity index (χ4v) is 5.87. The summed E-state index contributed by atoms with van der Waals surface area (Å²) in [6, 6.07) is 22.7. The number of hydrogen-bond acceptors (Lipinski definition) is 7. The number of aromatic amines is 1. The number of carbonyl (C=O) groups excluding carboxylic acids is 3. The summed E-state index contributed by atoms with van der Waals surface area (Å²) in [5.41, 5.74) is 10.7. The summed E-state index contributed by atoms with van der Waals surface area (Å²) in [5.74, 6) is 0.220. The molecule has 1 aromatic heterocycles. The molecule has 0 saturated heterocycles. The molecule has 1 heterocycles. The van der Waals surface area contributed by atoms with Crippen molar-refractivity contribution < 1.29 is 14.4 Å². The topological polar surface area (TPSA) is 147 Å². The molecule has 228 valence electrons. The SMILES string of the molecule is CN(C)C(=O)c1cccc(-c2cccc(C[C@H](CC(=O)C3CCC(CN)CC3)C(=O)Nc3ccc(-c4nn[nH]n4)cc3)c2)c1. The molecule has 10 heteroatoms. The van der Waals surface area contributed by atoms with E-state index in [1.54, 1.807) is 37.2 Å². The van der Waals surface area contributed by atoms with Crippen molar-refractivity contribution in [2.75, 3.05) is 26.0 Å². The predicted molar refractivity (Wildman–Crippen MR) is 169 cm³/mol. The Bertz CT molecular complexity index is 1580. The maximum absolute atomic E-state index is 13.7. The average molecular weight is 594 g/mol. The van der Waals surface area contributed by atoms with Crippen LogP contribution in [0.15, 0.2) is 72.8 Å². The number of nitrogens with zero attached hydrogens (tertiary/aromatic N) is 4. The number of carbonyl (C=O) groups is 3. The summed E-state index contributed by atoms with van der Waals surface area (Å²) in [6.45, 7) is 0.653. The van der Waals surface area contributed by atoms with Gasteiger partial charge in [-0.3, -0.25) is 14.4 Å². The number of nitrogens with two attached hydrogens (primary N) is 1. The van der Waals surface area contributed by atoms with Gasteiger partial charge in [0.1, 0.15) is 5.78 Å². The zero-order valence-corrected chi connectivity index (χ0v) is 25.2. The Labute approximate surface area is 257 Å². The van der Waals surface area contributed by atoms with E-state index >= 15 is 0 Å². The Kier molecular flexibility index (Phi) is 9.91. The van der Waals surface area contributed by atoms with Crippen molar-refractivity contribution in [3.8, 4) is 22.5 Å². The molecular weight excluding hydrogens is 554 g/mol. The highest BCUT2D eigenvalue weighted by Gasteiger charge is 2.30. The van der Waals surface area contributed by atoms with Crippen molar-refractivity contribution >= 4 is 23.3 Å². The molecule has 44 heavy (non-hydrogen) atoms. The van der Waals surface area contributed by atoms with Crippen LogP contribution in [0.4, 0.5) is 5.69 Å². The molecule has 3 aromatic carbocycles. The highest BCUT2D eigenvalue weighted by Crippen LogP contribution is 2.31. The zero-order valence-electron chi connectivity index (χ0n) is 25.2. The summed E-state index contributed by atoms with van der Waals surface area (Å²) in [4.78, 5) is 41.3. The number of H-pyrrole nitrogens is 1. The second kappa shape index (κ2) is 14.2. The summed E-state index contributed by atoms with van der Waals surface area (Å²) < 4.78 is 0. The summed E-state index contributed by atoms with van der Waals surface area (Å²) >= 11 is 0. The van der Waals surface area contributed by atoms with Crippen LogP contribution in [0.25, 0.3) is 22.5 Å². The van der Waals surface area contributed by atoms with E-state index in [-0.39, 0.29) is 29.9 Å². The van der Waals surface area contributed by atoms with Gasteiger partial charge in [-0.2, -0.15) is 5.21 Å². The van der Waals surface area contributed by atoms with Gasteiger partial charge in [0.2, 0.25) is 11.7 Å². The van der Waals surface area contributed by atoms with Crippen molar-refractivity contribution in [3.63, 3.8) is 0 Å². The van der Waals surface area contributed by atoms with Gasteiger partial charge in [0.05, 0.1) is 0 Å². The minimum absolute atomic E-state index is 0.0364. The molecule has 0 radical (unpaired) electrons. The first-order valence-corrected chi connectivity index (χ1v) is 15.1. The van der Waals surface area contributed by atoms with Crippen LogP contribution in [0.3, 0.4) is 0 Å². The lowest BCUT2D eigenvalue weighted by Gasteiger charge is -2.27. The van der Waals surface area contributed by atoms with Gasteiger partial charge in [-0.25, -0.2) is 0 Å². The average Bonchev–Trinajstić information content (AvgIpc) is 3.60. The minimum atomic E-state index is -0.552. The number of tetrazole rings is 1. The number of anilines is 1. The molecule has 1 saturated carbocycles. The van der Waals surface area contributed by atoms with E-state index in [4.69, 9.17) is 5.73 Å². The van der Waals surface area contributed by atoms with Crippen LogP contribution in [0.1, 0.15) is 48.0 Å². The number of Topliss-reactive ketones (excluding diaryl/α,β-unsaturated/α-hetero) is 1. The van der Waals surface area contributed by atoms with Crippen LogP contribution in [0, 0.1) is 17.8 Å². The Morgan fingerprint density at radius 3 is 2.30 bits per heavy atom. The third-order valence-electron chi connectivity index (χ3n) is 8.47. The Morgan fingerprint density at radius 1 is 0.932 bits per heavy atom. The van der Waals surface area contributed by atoms with E-state index in [1.807, 2.05) is 54.6 Å². The lowest BCUT2D eigenvalue weighted by Crippen LogP contribution is -2.31. The number of aromatic nitrogens is 4. The van der Waals surface area contributed by atoms with Gasteiger partial charge in [-0.15, -0.1) is 10.2 Å². The highest BCUT2D eigenvalue weighted by atomic mass is 16.2. The zero-order chi connectivity index (χ0) is 31.1. The predicted octanol–water partition coefficient (Wildman–Crippen LogP) is 4.76. The fourth-order valence-electron chi connectivity index (χ4n) is 5.87. The Morgan fingerprint density at radius 2 is 1.64 bits per heavy atom. The molecule has 0 bridgehead atoms. The number of nitrogens with one attached hydrogen (secondary N) is 2. The van der Waals surface area contributed by atoms with Gasteiger partial charge in [0, 0.05) is 49.2 Å². The van der Waals surface area contributed by atoms with E-state index in [0.29, 0.717) is 36.0 Å². The molecule has 1 aliphatic carbocycles. The van der Waals surface area contributed by atoms with Crippen molar-refractivity contribution in [2.24, 2.45) is 23.5 Å². The molecule has 0 aliphatic heterocycles. The quantitative estimate of drug-likeness (QED) is 0.227. The summed E-state index contributed by atoms with van der Waals surface area (Å²) in [7, 11) is 3.46. The van der Waals surface area contributed by atoms with Gasteiger partial charge in [-0.1, -0.05) is 36.4 Å². The highest BCUT2D eigenvalue weighted by molar-refractivity contribution is 5.96. The van der Waals surface area contributed by atoms with Crippen LogP contribution in [0.2, 0.25) is 0 Å². The van der Waals surface area contributed by atoms with Crippen molar-refractivity contribution in [2.45, 2.75) is 38.5 Å². The van der Waals surface area contributed by atoms with Gasteiger partial charge < -0.3 is 16.0 Å². The van der Waals surface area contributed by atoms with Crippen molar-refractivity contribution in [1.82, 2.24) is 25.5 Å². The number of ketones is 1. The summed E-state index contributed by atoms with van der Waals surface area (Å²) in [5, 5.41) is 17.0. The molecule has 0 spiro atoms. The smallest absolute Gasteiger partial charge is 0.253 e. The van der Waals surface area contributed by atoms with Crippen LogP contribution in [0.5, 0.6) is 0 Å². The molecule has 1 aliphatic rings. The second-order valence-corrected chi connectivity index (χ2v) is 11.8. The first-order chi connectivity index (χ1) is 21.3. The largest absolute Gasteiger partial charge is 0.345 e.